The zero-order chi connectivity index (χ0) is 15.1. The molecule has 0 aliphatic heterocycles. The molecule has 1 amide bonds. The fraction of sp³-hybridized carbons (Fsp3) is 0.588. The van der Waals surface area contributed by atoms with Crippen molar-refractivity contribution in [2.75, 3.05) is 20.2 Å². The number of hydrogen-bond acceptors (Lipinski definition) is 3. The second kappa shape index (κ2) is 8.03. The first-order valence-electron chi connectivity index (χ1n) is 7.79. The molecule has 0 unspecified atom stereocenters. The third-order valence-electron chi connectivity index (χ3n) is 3.99. The summed E-state index contributed by atoms with van der Waals surface area (Å²) in [6.07, 6.45) is 6.34. The van der Waals surface area contributed by atoms with Gasteiger partial charge in [-0.3, -0.25) is 4.79 Å². The molecule has 21 heavy (non-hydrogen) atoms. The van der Waals surface area contributed by atoms with Crippen molar-refractivity contribution in [3.8, 4) is 5.75 Å². The number of carbonyl (C=O) groups is 1. The van der Waals surface area contributed by atoms with Crippen LogP contribution in [0.25, 0.3) is 0 Å². The van der Waals surface area contributed by atoms with Gasteiger partial charge in [-0.1, -0.05) is 12.1 Å². The van der Waals surface area contributed by atoms with E-state index in [1.54, 1.807) is 11.9 Å². The van der Waals surface area contributed by atoms with Gasteiger partial charge >= 0.3 is 0 Å². The number of rotatable bonds is 7. The lowest BCUT2D eigenvalue weighted by Crippen LogP contribution is -2.29. The molecule has 1 saturated carbocycles. The number of carbonyl (C=O) groups excluding carboxylic acids is 1. The lowest BCUT2D eigenvalue weighted by molar-refractivity contribution is -0.130. The summed E-state index contributed by atoms with van der Waals surface area (Å²) < 4.78 is 5.98. The molecule has 1 fully saturated rings. The van der Waals surface area contributed by atoms with Gasteiger partial charge in [0.15, 0.2) is 0 Å². The number of benzene rings is 1. The molecule has 1 aliphatic carbocycles. The largest absolute Gasteiger partial charge is 0.490 e. The lowest BCUT2D eigenvalue weighted by Gasteiger charge is -2.16. The van der Waals surface area contributed by atoms with Crippen molar-refractivity contribution in [2.45, 2.75) is 44.6 Å². The van der Waals surface area contributed by atoms with Crippen LogP contribution in [0.1, 0.15) is 37.7 Å². The Morgan fingerprint density at radius 1 is 1.38 bits per heavy atom. The fourth-order valence-corrected chi connectivity index (χ4v) is 2.69. The predicted octanol–water partition coefficient (Wildman–Crippen LogP) is 2.39. The monoisotopic (exact) mass is 291 g/mol. The van der Waals surface area contributed by atoms with E-state index in [1.807, 2.05) is 24.3 Å². The van der Waals surface area contributed by atoms with Crippen LogP contribution in [0.3, 0.4) is 0 Å². The van der Waals surface area contributed by atoms with E-state index in [4.69, 9.17) is 9.84 Å². The van der Waals surface area contributed by atoms with Crippen molar-refractivity contribution in [1.82, 2.24) is 4.90 Å². The molecule has 0 bridgehead atoms. The minimum absolute atomic E-state index is 0.00690. The van der Waals surface area contributed by atoms with Crippen molar-refractivity contribution in [2.24, 2.45) is 0 Å². The topological polar surface area (TPSA) is 49.8 Å². The highest BCUT2D eigenvalue weighted by Crippen LogP contribution is 2.24. The van der Waals surface area contributed by atoms with E-state index >= 15 is 0 Å². The number of aliphatic hydroxyl groups excluding tert-OH is 1. The molecule has 0 heterocycles. The molecular weight excluding hydrogens is 266 g/mol. The van der Waals surface area contributed by atoms with Crippen LogP contribution in [0.2, 0.25) is 0 Å². The zero-order valence-electron chi connectivity index (χ0n) is 12.8. The van der Waals surface area contributed by atoms with Crippen LogP contribution in [-0.4, -0.2) is 42.2 Å². The summed E-state index contributed by atoms with van der Waals surface area (Å²) in [5, 5.41) is 8.83. The quantitative estimate of drug-likeness (QED) is 0.839. The Hall–Kier alpha value is -1.55. The number of amides is 1. The second-order valence-corrected chi connectivity index (χ2v) is 5.71. The molecule has 4 heteroatoms. The van der Waals surface area contributed by atoms with Gasteiger partial charge in [0.25, 0.3) is 0 Å². The number of aliphatic hydroxyl groups is 1. The smallest absolute Gasteiger partial charge is 0.222 e. The van der Waals surface area contributed by atoms with Gasteiger partial charge in [-0.25, -0.2) is 0 Å². The second-order valence-electron chi connectivity index (χ2n) is 5.71. The standard InChI is InChI=1S/C17H25NO3/c1-18(11-12-19)17(20)10-9-14-5-4-8-16(13-14)21-15-6-2-3-7-15/h4-5,8,13,15,19H,2-3,6-7,9-12H2,1H3. The summed E-state index contributed by atoms with van der Waals surface area (Å²) in [4.78, 5) is 13.4. The van der Waals surface area contributed by atoms with E-state index in [1.165, 1.54) is 12.8 Å². The Bertz CT molecular complexity index is 455. The molecule has 116 valence electrons. The number of hydrogen-bond donors (Lipinski definition) is 1. The van der Waals surface area contributed by atoms with E-state index in [2.05, 4.69) is 0 Å². The maximum Gasteiger partial charge on any atom is 0.222 e. The molecular formula is C17H25NO3. The first-order valence-corrected chi connectivity index (χ1v) is 7.79. The van der Waals surface area contributed by atoms with E-state index < -0.39 is 0 Å². The Morgan fingerprint density at radius 3 is 2.86 bits per heavy atom. The van der Waals surface area contributed by atoms with Crippen molar-refractivity contribution in [3.63, 3.8) is 0 Å². The fourth-order valence-electron chi connectivity index (χ4n) is 2.69. The van der Waals surface area contributed by atoms with Crippen LogP contribution in [0.15, 0.2) is 24.3 Å². The van der Waals surface area contributed by atoms with Crippen LogP contribution in [0, 0.1) is 0 Å². The Morgan fingerprint density at radius 2 is 2.14 bits per heavy atom. The summed E-state index contributed by atoms with van der Waals surface area (Å²) in [7, 11) is 1.72. The molecule has 0 spiro atoms. The number of likely N-dealkylation sites (N-methyl/N-ethyl adjacent to an activating group) is 1. The Kier molecular flexibility index (Phi) is 6.05. The maximum atomic E-state index is 11.9. The van der Waals surface area contributed by atoms with Gasteiger partial charge in [-0.05, 0) is 49.8 Å². The third-order valence-corrected chi connectivity index (χ3v) is 3.99. The highest BCUT2D eigenvalue weighted by Gasteiger charge is 2.16. The Balaban J connectivity index is 1.84. The van der Waals surface area contributed by atoms with Gasteiger partial charge in [0.05, 0.1) is 12.7 Å². The van der Waals surface area contributed by atoms with E-state index in [0.717, 1.165) is 24.2 Å². The SMILES string of the molecule is CN(CCO)C(=O)CCc1cccc(OC2CCCC2)c1. The van der Waals surface area contributed by atoms with Crippen molar-refractivity contribution in [1.29, 1.82) is 0 Å². The first kappa shape index (κ1) is 15.8. The maximum absolute atomic E-state index is 11.9. The summed E-state index contributed by atoms with van der Waals surface area (Å²) in [6, 6.07) is 8.04. The molecule has 4 nitrogen and oxygen atoms in total. The highest BCUT2D eigenvalue weighted by atomic mass is 16.5. The van der Waals surface area contributed by atoms with Gasteiger partial charge < -0.3 is 14.7 Å². The van der Waals surface area contributed by atoms with Crippen LogP contribution in [-0.2, 0) is 11.2 Å². The van der Waals surface area contributed by atoms with Crippen molar-refractivity contribution >= 4 is 5.91 Å². The van der Waals surface area contributed by atoms with Gasteiger partial charge in [-0.2, -0.15) is 0 Å². The van der Waals surface area contributed by atoms with Crippen LogP contribution < -0.4 is 4.74 Å². The van der Waals surface area contributed by atoms with E-state index in [9.17, 15) is 4.79 Å². The molecule has 2 rings (SSSR count). The predicted molar refractivity (Wildman–Crippen MR) is 82.4 cm³/mol. The highest BCUT2D eigenvalue weighted by molar-refractivity contribution is 5.76. The number of nitrogens with zero attached hydrogens (tertiary/aromatic N) is 1. The molecule has 1 aromatic carbocycles. The summed E-state index contributed by atoms with van der Waals surface area (Å²) in [5.74, 6) is 0.974. The van der Waals surface area contributed by atoms with Crippen LogP contribution in [0.5, 0.6) is 5.75 Å². The van der Waals surface area contributed by atoms with E-state index in [0.29, 0.717) is 25.5 Å². The van der Waals surface area contributed by atoms with Gasteiger partial charge in [0, 0.05) is 20.0 Å². The van der Waals surface area contributed by atoms with Crippen LogP contribution in [0.4, 0.5) is 0 Å². The Labute approximate surface area is 126 Å². The van der Waals surface area contributed by atoms with Crippen LogP contribution >= 0.6 is 0 Å². The first-order chi connectivity index (χ1) is 10.2. The molecule has 1 aromatic rings. The summed E-state index contributed by atoms with van der Waals surface area (Å²) in [5.41, 5.74) is 1.12. The summed E-state index contributed by atoms with van der Waals surface area (Å²) >= 11 is 0. The molecule has 1 aliphatic rings. The summed E-state index contributed by atoms with van der Waals surface area (Å²) in [6.45, 7) is 0.399. The molecule has 1 N–H and O–H groups in total. The average Bonchev–Trinajstić information content (AvgIpc) is 2.98. The third kappa shape index (κ3) is 5.05. The van der Waals surface area contributed by atoms with Crippen molar-refractivity contribution < 1.29 is 14.6 Å². The average molecular weight is 291 g/mol. The lowest BCUT2D eigenvalue weighted by atomic mass is 10.1. The minimum Gasteiger partial charge on any atom is -0.490 e. The number of aryl methyl sites for hydroxylation is 1. The number of ether oxygens (including phenoxy) is 1. The molecule has 0 radical (unpaired) electrons. The normalized spacial score (nSPS) is 15.1. The molecule has 0 atom stereocenters. The minimum atomic E-state index is 0.00690. The molecule has 0 aromatic heterocycles. The van der Waals surface area contributed by atoms with E-state index in [-0.39, 0.29) is 12.5 Å². The molecule has 0 saturated heterocycles. The van der Waals surface area contributed by atoms with Gasteiger partial charge in [0.2, 0.25) is 5.91 Å². The van der Waals surface area contributed by atoms with Gasteiger partial charge in [0.1, 0.15) is 5.75 Å². The van der Waals surface area contributed by atoms with Gasteiger partial charge in [-0.15, -0.1) is 0 Å². The zero-order valence-corrected chi connectivity index (χ0v) is 12.8. The van der Waals surface area contributed by atoms with Crippen molar-refractivity contribution in [3.05, 3.63) is 29.8 Å².